The summed E-state index contributed by atoms with van der Waals surface area (Å²) in [6.07, 6.45) is 2.97. The van der Waals surface area contributed by atoms with E-state index in [1.165, 1.54) is 29.1 Å². The van der Waals surface area contributed by atoms with Gasteiger partial charge in [0.1, 0.15) is 18.0 Å². The second-order valence-electron chi connectivity index (χ2n) is 5.55. The lowest BCUT2D eigenvalue weighted by Crippen LogP contribution is -2.16. The fourth-order valence-electron chi connectivity index (χ4n) is 2.65. The first-order valence-corrected chi connectivity index (χ1v) is 7.46. The maximum atomic E-state index is 13.7. The lowest BCUT2D eigenvalue weighted by Gasteiger charge is -2.09. The van der Waals surface area contributed by atoms with E-state index >= 15 is 0 Å². The normalized spacial score (nSPS) is 11.1. The zero-order chi connectivity index (χ0) is 17.6. The van der Waals surface area contributed by atoms with Crippen LogP contribution >= 0.6 is 0 Å². The molecule has 0 fully saturated rings. The average molecular weight is 336 g/mol. The molecule has 0 aliphatic rings. The summed E-state index contributed by atoms with van der Waals surface area (Å²) >= 11 is 0. The fraction of sp³-hybridized carbons (Fsp3) is 0.0588. The van der Waals surface area contributed by atoms with Crippen LogP contribution in [-0.4, -0.2) is 24.1 Å². The molecule has 25 heavy (non-hydrogen) atoms. The van der Waals surface area contributed by atoms with Gasteiger partial charge in [-0.15, -0.1) is 0 Å². The van der Waals surface area contributed by atoms with Crippen LogP contribution in [0.3, 0.4) is 0 Å². The van der Waals surface area contributed by atoms with Crippen molar-refractivity contribution < 1.29 is 4.39 Å². The molecule has 0 aliphatic carbocycles. The molecular weight excluding hydrogens is 323 g/mol. The van der Waals surface area contributed by atoms with Crippen molar-refractivity contribution in [3.63, 3.8) is 0 Å². The Hall–Kier alpha value is -3.55. The van der Waals surface area contributed by atoms with Gasteiger partial charge in [-0.25, -0.2) is 19.3 Å². The van der Waals surface area contributed by atoms with Crippen LogP contribution in [0.4, 0.5) is 10.2 Å². The van der Waals surface area contributed by atoms with E-state index in [1.54, 1.807) is 36.0 Å². The van der Waals surface area contributed by atoms with Crippen LogP contribution < -0.4 is 11.3 Å². The van der Waals surface area contributed by atoms with E-state index in [0.717, 1.165) is 0 Å². The molecule has 1 aromatic carbocycles. The number of nitrogen functional groups attached to an aromatic ring is 1. The molecule has 124 valence electrons. The highest BCUT2D eigenvalue weighted by molar-refractivity contribution is 5.87. The molecule has 4 aromatic rings. The van der Waals surface area contributed by atoms with Crippen LogP contribution in [0.15, 0.2) is 53.7 Å². The topological polar surface area (TPSA) is 91.6 Å². The molecule has 0 unspecified atom stereocenters. The molecule has 0 atom stereocenters. The van der Waals surface area contributed by atoms with Gasteiger partial charge < -0.3 is 10.3 Å². The van der Waals surface area contributed by atoms with E-state index in [2.05, 4.69) is 15.0 Å². The smallest absolute Gasteiger partial charge is 0.252 e. The van der Waals surface area contributed by atoms with Gasteiger partial charge in [-0.1, -0.05) is 12.1 Å². The monoisotopic (exact) mass is 336 g/mol. The predicted octanol–water partition coefficient (Wildman–Crippen LogP) is 1.90. The number of aromatic nitrogens is 5. The van der Waals surface area contributed by atoms with Gasteiger partial charge in [0, 0.05) is 24.9 Å². The Bertz CT molecular complexity index is 1160. The van der Waals surface area contributed by atoms with Crippen molar-refractivity contribution >= 4 is 17.0 Å². The van der Waals surface area contributed by atoms with Crippen molar-refractivity contribution in [3.8, 4) is 17.1 Å². The maximum Gasteiger partial charge on any atom is 0.252 e. The third kappa shape index (κ3) is 2.44. The number of hydrogen-bond acceptors (Lipinski definition) is 5. The molecule has 0 saturated carbocycles. The molecule has 3 heterocycles. The predicted molar refractivity (Wildman–Crippen MR) is 91.7 cm³/mol. The van der Waals surface area contributed by atoms with Gasteiger partial charge in [-0.05, 0) is 18.2 Å². The van der Waals surface area contributed by atoms with Crippen molar-refractivity contribution in [2.24, 2.45) is 7.05 Å². The number of aryl methyl sites for hydroxylation is 1. The molecule has 7 nitrogen and oxygen atoms in total. The van der Waals surface area contributed by atoms with Gasteiger partial charge in [0.2, 0.25) is 0 Å². The Labute approximate surface area is 141 Å². The molecule has 0 spiro atoms. The van der Waals surface area contributed by atoms with Crippen molar-refractivity contribution in [2.45, 2.75) is 0 Å². The van der Waals surface area contributed by atoms with E-state index in [1.807, 2.05) is 0 Å². The van der Waals surface area contributed by atoms with Crippen LogP contribution in [0.2, 0.25) is 0 Å². The lowest BCUT2D eigenvalue weighted by atomic mass is 10.2. The summed E-state index contributed by atoms with van der Waals surface area (Å²) < 4.78 is 16.8. The SMILES string of the molecule is Cn1ccc(-n2c(-c3cccc(F)c3)nc3c(N)ncnc32)cc1=O. The number of pyridine rings is 1. The Morgan fingerprint density at radius 3 is 2.76 bits per heavy atom. The van der Waals surface area contributed by atoms with Gasteiger partial charge in [-0.3, -0.25) is 9.36 Å². The number of nitrogens with two attached hydrogens (primary N) is 1. The number of fused-ring (bicyclic) bond motifs is 1. The molecule has 4 rings (SSSR count). The van der Waals surface area contributed by atoms with Crippen LogP contribution in [0.25, 0.3) is 28.2 Å². The molecule has 0 bridgehead atoms. The number of benzene rings is 1. The number of anilines is 1. The molecule has 0 saturated heterocycles. The van der Waals surface area contributed by atoms with Crippen molar-refractivity contribution in [3.05, 3.63) is 65.1 Å². The molecule has 0 amide bonds. The highest BCUT2D eigenvalue weighted by atomic mass is 19.1. The fourth-order valence-corrected chi connectivity index (χ4v) is 2.65. The quantitative estimate of drug-likeness (QED) is 0.604. The Morgan fingerprint density at radius 1 is 1.16 bits per heavy atom. The minimum atomic E-state index is -0.390. The highest BCUT2D eigenvalue weighted by Gasteiger charge is 2.18. The van der Waals surface area contributed by atoms with Gasteiger partial charge in [-0.2, -0.15) is 0 Å². The summed E-state index contributed by atoms with van der Waals surface area (Å²) in [7, 11) is 1.66. The Morgan fingerprint density at radius 2 is 2.00 bits per heavy atom. The van der Waals surface area contributed by atoms with Crippen molar-refractivity contribution in [2.75, 3.05) is 5.73 Å². The maximum absolute atomic E-state index is 13.7. The van der Waals surface area contributed by atoms with E-state index < -0.39 is 0 Å². The first kappa shape index (κ1) is 15.0. The van der Waals surface area contributed by atoms with Gasteiger partial charge in [0.15, 0.2) is 17.0 Å². The molecule has 8 heteroatoms. The summed E-state index contributed by atoms with van der Waals surface area (Å²) in [6, 6.07) is 9.25. The molecule has 3 aromatic heterocycles. The van der Waals surface area contributed by atoms with Gasteiger partial charge >= 0.3 is 0 Å². The summed E-state index contributed by atoms with van der Waals surface area (Å²) in [5.74, 6) is 0.249. The standard InChI is InChI=1S/C17H13FN6O/c1-23-6-5-12(8-13(23)25)24-16(10-3-2-4-11(18)7-10)22-14-15(19)20-9-21-17(14)24/h2-9H,1H3,(H2,19,20,21). The molecular formula is C17H13FN6O. The molecule has 0 radical (unpaired) electrons. The largest absolute Gasteiger partial charge is 0.382 e. The van der Waals surface area contributed by atoms with E-state index in [0.29, 0.717) is 28.2 Å². The second-order valence-corrected chi connectivity index (χ2v) is 5.55. The van der Waals surface area contributed by atoms with Crippen LogP contribution in [-0.2, 0) is 7.05 Å². The van der Waals surface area contributed by atoms with Crippen LogP contribution in [0, 0.1) is 5.82 Å². The van der Waals surface area contributed by atoms with E-state index in [-0.39, 0.29) is 17.2 Å². The Kier molecular flexibility index (Phi) is 3.31. The first-order valence-electron chi connectivity index (χ1n) is 7.46. The van der Waals surface area contributed by atoms with Gasteiger partial charge in [0.25, 0.3) is 5.56 Å². The zero-order valence-corrected chi connectivity index (χ0v) is 13.2. The van der Waals surface area contributed by atoms with E-state index in [4.69, 9.17) is 5.73 Å². The number of nitrogens with zero attached hydrogens (tertiary/aromatic N) is 5. The van der Waals surface area contributed by atoms with Gasteiger partial charge in [0.05, 0.1) is 5.69 Å². The highest BCUT2D eigenvalue weighted by Crippen LogP contribution is 2.28. The number of halogens is 1. The second kappa shape index (κ2) is 5.52. The summed E-state index contributed by atoms with van der Waals surface area (Å²) in [5, 5.41) is 0. The van der Waals surface area contributed by atoms with Crippen LogP contribution in [0.5, 0.6) is 0 Å². The molecule has 0 aliphatic heterocycles. The summed E-state index contributed by atoms with van der Waals surface area (Å²) in [5.41, 5.74) is 7.66. The zero-order valence-electron chi connectivity index (χ0n) is 13.2. The number of rotatable bonds is 2. The minimum absolute atomic E-state index is 0.188. The van der Waals surface area contributed by atoms with Crippen molar-refractivity contribution in [1.82, 2.24) is 24.1 Å². The van der Waals surface area contributed by atoms with E-state index in [9.17, 15) is 9.18 Å². The van der Waals surface area contributed by atoms with Crippen molar-refractivity contribution in [1.29, 1.82) is 0 Å². The third-order valence-electron chi connectivity index (χ3n) is 3.90. The minimum Gasteiger partial charge on any atom is -0.382 e. The number of hydrogen-bond donors (Lipinski definition) is 1. The Balaban J connectivity index is 2.10. The molecule has 2 N–H and O–H groups in total. The van der Waals surface area contributed by atoms with Crippen LogP contribution in [0.1, 0.15) is 0 Å². The third-order valence-corrected chi connectivity index (χ3v) is 3.90. The number of imidazole rings is 1. The lowest BCUT2D eigenvalue weighted by molar-refractivity contribution is 0.628. The summed E-state index contributed by atoms with van der Waals surface area (Å²) in [4.78, 5) is 24.7. The summed E-state index contributed by atoms with van der Waals surface area (Å²) in [6.45, 7) is 0. The first-order chi connectivity index (χ1) is 12.0. The average Bonchev–Trinajstić information content (AvgIpc) is 2.98.